The Balaban J connectivity index is 1.50. The third-order valence-corrected chi connectivity index (χ3v) is 4.86. The first-order valence-electron chi connectivity index (χ1n) is 9.77. The summed E-state index contributed by atoms with van der Waals surface area (Å²) in [4.78, 5) is 20.5. The first-order chi connectivity index (χ1) is 14.1. The quantitative estimate of drug-likeness (QED) is 0.617. The van der Waals surface area contributed by atoms with Crippen molar-refractivity contribution in [3.8, 4) is 0 Å². The molecule has 0 spiro atoms. The first-order valence-corrected chi connectivity index (χ1v) is 9.77. The molecular weight excluding hydrogens is 372 g/mol. The number of hydrogen-bond donors (Lipinski definition) is 2. The van der Waals surface area contributed by atoms with Crippen LogP contribution in [0.1, 0.15) is 32.6 Å². The van der Waals surface area contributed by atoms with Crippen LogP contribution >= 0.6 is 0 Å². The molecule has 4 rings (SSSR count). The lowest BCUT2D eigenvalue weighted by molar-refractivity contribution is -0.144. The number of rotatable bonds is 6. The van der Waals surface area contributed by atoms with Crippen LogP contribution in [0.25, 0.3) is 17.2 Å². The largest absolute Gasteiger partial charge is 0.465 e. The molecule has 1 aliphatic carbocycles. The molecular formula is C20H24N6O3. The van der Waals surface area contributed by atoms with Gasteiger partial charge in [0.15, 0.2) is 0 Å². The van der Waals surface area contributed by atoms with Gasteiger partial charge in [0.1, 0.15) is 12.2 Å². The van der Waals surface area contributed by atoms with Gasteiger partial charge in [-0.15, -0.1) is 0 Å². The predicted octanol–water partition coefficient (Wildman–Crippen LogP) is 2.71. The molecule has 0 saturated heterocycles. The SMILES string of the molecule is CCOC(=O)Cn1cc(Nc2ncc3ccn(C=C4CCC(O)CC4)c3n2)cn1. The second-order valence-electron chi connectivity index (χ2n) is 7.07. The molecule has 9 heteroatoms. The number of nitrogens with one attached hydrogen (secondary N) is 1. The molecule has 0 unspecified atom stereocenters. The van der Waals surface area contributed by atoms with Crippen molar-refractivity contribution in [1.29, 1.82) is 0 Å². The molecule has 0 aliphatic heterocycles. The van der Waals surface area contributed by atoms with E-state index >= 15 is 0 Å². The highest BCUT2D eigenvalue weighted by atomic mass is 16.5. The summed E-state index contributed by atoms with van der Waals surface area (Å²) in [7, 11) is 0. The van der Waals surface area contributed by atoms with Gasteiger partial charge >= 0.3 is 5.97 Å². The number of carbonyl (C=O) groups excluding carboxylic acids is 1. The smallest absolute Gasteiger partial charge is 0.327 e. The lowest BCUT2D eigenvalue weighted by Crippen LogP contribution is -2.13. The zero-order chi connectivity index (χ0) is 20.2. The molecule has 152 valence electrons. The normalized spacial score (nSPS) is 16.8. The molecule has 1 aliphatic rings. The zero-order valence-corrected chi connectivity index (χ0v) is 16.3. The molecule has 9 nitrogen and oxygen atoms in total. The number of nitrogens with zero attached hydrogens (tertiary/aromatic N) is 5. The van der Waals surface area contributed by atoms with Gasteiger partial charge in [-0.25, -0.2) is 4.98 Å². The maximum atomic E-state index is 11.6. The summed E-state index contributed by atoms with van der Waals surface area (Å²) in [6.07, 6.45) is 12.4. The Morgan fingerprint density at radius 3 is 3.00 bits per heavy atom. The molecule has 3 heterocycles. The fraction of sp³-hybridized carbons (Fsp3) is 0.400. The van der Waals surface area contributed by atoms with Crippen molar-refractivity contribution in [1.82, 2.24) is 24.3 Å². The Morgan fingerprint density at radius 2 is 2.21 bits per heavy atom. The second-order valence-corrected chi connectivity index (χ2v) is 7.07. The van der Waals surface area contributed by atoms with E-state index in [0.717, 1.165) is 36.7 Å². The van der Waals surface area contributed by atoms with E-state index in [1.807, 2.05) is 16.8 Å². The van der Waals surface area contributed by atoms with E-state index < -0.39 is 0 Å². The molecule has 0 amide bonds. The standard InChI is InChI=1S/C20H24N6O3/c1-2-29-18(28)13-26-12-16(10-22-26)23-20-21-9-15-7-8-25(19(15)24-20)11-14-3-5-17(27)6-4-14/h7-12,17,27H,2-6,13H2,1H3,(H,21,23,24). The molecule has 0 atom stereocenters. The number of aliphatic hydroxyl groups is 1. The highest BCUT2D eigenvalue weighted by Crippen LogP contribution is 2.25. The van der Waals surface area contributed by atoms with Crippen molar-refractivity contribution in [3.63, 3.8) is 0 Å². The van der Waals surface area contributed by atoms with Crippen LogP contribution in [-0.4, -0.2) is 48.1 Å². The van der Waals surface area contributed by atoms with Crippen LogP contribution in [0.5, 0.6) is 0 Å². The number of esters is 1. The summed E-state index contributed by atoms with van der Waals surface area (Å²) in [5.74, 6) is 0.117. The molecule has 1 saturated carbocycles. The van der Waals surface area contributed by atoms with Gasteiger partial charge < -0.3 is 19.7 Å². The van der Waals surface area contributed by atoms with Gasteiger partial charge in [0.25, 0.3) is 0 Å². The van der Waals surface area contributed by atoms with E-state index in [9.17, 15) is 9.90 Å². The average Bonchev–Trinajstić information content (AvgIpc) is 3.31. The van der Waals surface area contributed by atoms with Gasteiger partial charge in [0.05, 0.1) is 24.6 Å². The summed E-state index contributed by atoms with van der Waals surface area (Å²) in [5, 5.41) is 17.9. The second kappa shape index (κ2) is 8.44. The number of ether oxygens (including phenoxy) is 1. The summed E-state index contributed by atoms with van der Waals surface area (Å²) in [6, 6.07) is 1.98. The van der Waals surface area contributed by atoms with Crippen LogP contribution in [0.2, 0.25) is 0 Å². The average molecular weight is 396 g/mol. The number of allylic oxidation sites excluding steroid dienone is 1. The highest BCUT2D eigenvalue weighted by Gasteiger charge is 2.14. The first kappa shape index (κ1) is 19.1. The van der Waals surface area contributed by atoms with Gasteiger partial charge in [-0.1, -0.05) is 5.57 Å². The minimum atomic E-state index is -0.332. The van der Waals surface area contributed by atoms with Crippen molar-refractivity contribution < 1.29 is 14.6 Å². The lowest BCUT2D eigenvalue weighted by atomic mass is 9.93. The molecule has 0 aromatic carbocycles. The van der Waals surface area contributed by atoms with Crippen molar-refractivity contribution in [3.05, 3.63) is 36.4 Å². The molecule has 29 heavy (non-hydrogen) atoms. The van der Waals surface area contributed by atoms with Crippen molar-refractivity contribution in [2.45, 2.75) is 45.3 Å². The van der Waals surface area contributed by atoms with E-state index in [2.05, 4.69) is 26.6 Å². The van der Waals surface area contributed by atoms with Crippen LogP contribution in [0.3, 0.4) is 0 Å². The minimum absolute atomic E-state index is 0.0561. The molecule has 2 N–H and O–H groups in total. The Morgan fingerprint density at radius 1 is 1.38 bits per heavy atom. The molecule has 3 aromatic heterocycles. The van der Waals surface area contributed by atoms with Crippen molar-refractivity contribution in [2.24, 2.45) is 0 Å². The number of fused-ring (bicyclic) bond motifs is 1. The summed E-state index contributed by atoms with van der Waals surface area (Å²) in [5.41, 5.74) is 2.80. The molecule has 3 aromatic rings. The van der Waals surface area contributed by atoms with Gasteiger partial charge in [-0.05, 0) is 38.7 Å². The van der Waals surface area contributed by atoms with Gasteiger partial charge in [0, 0.05) is 30.2 Å². The fourth-order valence-corrected chi connectivity index (χ4v) is 3.38. The maximum absolute atomic E-state index is 11.6. The predicted molar refractivity (Wildman–Crippen MR) is 108 cm³/mol. The zero-order valence-electron chi connectivity index (χ0n) is 16.3. The Bertz CT molecular complexity index is 1030. The van der Waals surface area contributed by atoms with Crippen LogP contribution in [0.4, 0.5) is 11.6 Å². The summed E-state index contributed by atoms with van der Waals surface area (Å²) < 4.78 is 8.43. The number of anilines is 2. The number of carbonyl (C=O) groups is 1. The molecule has 1 fully saturated rings. The van der Waals surface area contributed by atoms with Crippen LogP contribution in [0.15, 0.2) is 36.4 Å². The van der Waals surface area contributed by atoms with E-state index in [4.69, 9.17) is 4.74 Å². The Kier molecular flexibility index (Phi) is 5.57. The number of aliphatic hydroxyl groups excluding tert-OH is 1. The summed E-state index contributed by atoms with van der Waals surface area (Å²) >= 11 is 0. The fourth-order valence-electron chi connectivity index (χ4n) is 3.38. The van der Waals surface area contributed by atoms with E-state index in [-0.39, 0.29) is 18.6 Å². The maximum Gasteiger partial charge on any atom is 0.327 e. The molecule has 0 radical (unpaired) electrons. The molecule has 0 bridgehead atoms. The van der Waals surface area contributed by atoms with Crippen molar-refractivity contribution in [2.75, 3.05) is 11.9 Å². The Hall–Kier alpha value is -3.20. The topological polar surface area (TPSA) is 107 Å². The van der Waals surface area contributed by atoms with Crippen LogP contribution in [-0.2, 0) is 16.1 Å². The third kappa shape index (κ3) is 4.62. The van der Waals surface area contributed by atoms with Crippen molar-refractivity contribution >= 4 is 34.8 Å². The third-order valence-electron chi connectivity index (χ3n) is 4.86. The van der Waals surface area contributed by atoms with Gasteiger partial charge in [-0.3, -0.25) is 9.48 Å². The van der Waals surface area contributed by atoms with E-state index in [1.54, 1.807) is 25.5 Å². The summed E-state index contributed by atoms with van der Waals surface area (Å²) in [6.45, 7) is 2.17. The van der Waals surface area contributed by atoms with Gasteiger partial charge in [0.2, 0.25) is 5.95 Å². The number of hydrogen-bond acceptors (Lipinski definition) is 7. The lowest BCUT2D eigenvalue weighted by Gasteiger charge is -2.19. The highest BCUT2D eigenvalue weighted by molar-refractivity contribution is 5.79. The number of aromatic nitrogens is 5. The van der Waals surface area contributed by atoms with Crippen LogP contribution in [0, 0.1) is 0 Å². The van der Waals surface area contributed by atoms with Crippen LogP contribution < -0.4 is 5.32 Å². The monoisotopic (exact) mass is 396 g/mol. The van der Waals surface area contributed by atoms with E-state index in [0.29, 0.717) is 18.2 Å². The van der Waals surface area contributed by atoms with E-state index in [1.165, 1.54) is 10.3 Å². The van der Waals surface area contributed by atoms with Gasteiger partial charge in [-0.2, -0.15) is 10.1 Å². The minimum Gasteiger partial charge on any atom is -0.465 e. The Labute approximate surface area is 168 Å².